The van der Waals surface area contributed by atoms with E-state index < -0.39 is 10.9 Å². The molecule has 31 heavy (non-hydrogen) atoms. The number of carbonyl (C=O) groups excluding carboxylic acids is 1. The van der Waals surface area contributed by atoms with Crippen LogP contribution >= 0.6 is 11.3 Å². The zero-order chi connectivity index (χ0) is 22.1. The minimum Gasteiger partial charge on any atom is -0.456 e. The summed E-state index contributed by atoms with van der Waals surface area (Å²) in [5, 5.41) is 13.5. The first-order chi connectivity index (χ1) is 14.8. The summed E-state index contributed by atoms with van der Waals surface area (Å²) in [6, 6.07) is 5.73. The van der Waals surface area contributed by atoms with Gasteiger partial charge in [0.25, 0.3) is 11.2 Å². The highest BCUT2D eigenvalue weighted by atomic mass is 32.1. The van der Waals surface area contributed by atoms with Crippen LogP contribution in [0.25, 0.3) is 4.96 Å². The number of hydrogen-bond donors (Lipinski definition) is 0. The summed E-state index contributed by atoms with van der Waals surface area (Å²) >= 11 is 1.33. The summed E-state index contributed by atoms with van der Waals surface area (Å²) in [7, 11) is 0. The van der Waals surface area contributed by atoms with E-state index in [1.54, 1.807) is 6.07 Å². The van der Waals surface area contributed by atoms with E-state index in [-0.39, 0.29) is 23.4 Å². The summed E-state index contributed by atoms with van der Waals surface area (Å²) in [6.45, 7) is 5.24. The molecule has 2 aromatic heterocycles. The van der Waals surface area contributed by atoms with Gasteiger partial charge < -0.3 is 9.64 Å². The molecule has 162 valence electrons. The van der Waals surface area contributed by atoms with Gasteiger partial charge in [0, 0.05) is 36.3 Å². The van der Waals surface area contributed by atoms with E-state index in [1.165, 1.54) is 33.9 Å². The number of benzene rings is 1. The number of fused-ring (bicyclic) bond motifs is 1. The molecule has 3 aromatic rings. The summed E-state index contributed by atoms with van der Waals surface area (Å²) in [4.78, 5) is 42.8. The number of nitro benzene ring substituents is 1. The van der Waals surface area contributed by atoms with Gasteiger partial charge in [0.05, 0.1) is 16.2 Å². The maximum Gasteiger partial charge on any atom is 0.338 e. The van der Waals surface area contributed by atoms with Gasteiger partial charge in [-0.15, -0.1) is 11.3 Å². The molecule has 9 nitrogen and oxygen atoms in total. The molecule has 0 saturated carbocycles. The van der Waals surface area contributed by atoms with Crippen molar-refractivity contribution in [3.8, 4) is 0 Å². The number of nitro groups is 1. The average Bonchev–Trinajstić information content (AvgIpc) is 3.12. The highest BCUT2D eigenvalue weighted by Gasteiger charge is 2.25. The third kappa shape index (κ3) is 4.29. The number of thiazole rings is 1. The SMILES string of the molecule is Cc1csc2nc(COC(=O)c3ccc(N4CCCC(C)C4)c([N+](=O)[O-])c3)cc(=O)n12. The lowest BCUT2D eigenvalue weighted by Gasteiger charge is -2.32. The summed E-state index contributed by atoms with van der Waals surface area (Å²) < 4.78 is 6.77. The van der Waals surface area contributed by atoms with Gasteiger partial charge in [-0.2, -0.15) is 0 Å². The summed E-state index contributed by atoms with van der Waals surface area (Å²) in [5.41, 5.74) is 1.36. The molecule has 0 radical (unpaired) electrons. The molecular weight excluding hydrogens is 420 g/mol. The number of rotatable bonds is 5. The molecular formula is C21H22N4O5S. The maximum atomic E-state index is 12.5. The van der Waals surface area contributed by atoms with E-state index in [4.69, 9.17) is 4.74 Å². The number of piperidine rings is 1. The second kappa shape index (κ2) is 8.46. The lowest BCUT2D eigenvalue weighted by Crippen LogP contribution is -2.34. The van der Waals surface area contributed by atoms with Gasteiger partial charge in [-0.25, -0.2) is 9.78 Å². The van der Waals surface area contributed by atoms with Crippen molar-refractivity contribution in [2.24, 2.45) is 5.92 Å². The second-order valence-corrected chi connectivity index (χ2v) is 8.65. The standard InChI is InChI=1S/C21H22N4O5S/c1-13-4-3-7-23(10-13)17-6-5-15(8-18(17)25(28)29)20(27)30-11-16-9-19(26)24-14(2)12-31-21(24)22-16/h5-6,8-9,12-13H,3-4,7,10-11H2,1-2H3. The Kier molecular flexibility index (Phi) is 5.73. The van der Waals surface area contributed by atoms with Gasteiger partial charge in [0.2, 0.25) is 0 Å². The molecule has 0 bridgehead atoms. The molecule has 3 heterocycles. The van der Waals surface area contributed by atoms with E-state index in [1.807, 2.05) is 17.2 Å². The first-order valence-corrected chi connectivity index (χ1v) is 10.9. The third-order valence-corrected chi connectivity index (χ3v) is 6.33. The molecule has 0 amide bonds. The number of aromatic nitrogens is 2. The van der Waals surface area contributed by atoms with Crippen molar-refractivity contribution in [2.45, 2.75) is 33.3 Å². The van der Waals surface area contributed by atoms with E-state index in [9.17, 15) is 19.7 Å². The summed E-state index contributed by atoms with van der Waals surface area (Å²) in [5.74, 6) is -0.245. The highest BCUT2D eigenvalue weighted by molar-refractivity contribution is 7.15. The minimum atomic E-state index is -0.703. The van der Waals surface area contributed by atoms with Crippen LogP contribution < -0.4 is 10.5 Å². The zero-order valence-corrected chi connectivity index (χ0v) is 18.1. The van der Waals surface area contributed by atoms with Gasteiger partial charge in [-0.3, -0.25) is 19.3 Å². The number of ether oxygens (including phenoxy) is 1. The molecule has 1 aliphatic heterocycles. The van der Waals surface area contributed by atoms with Gasteiger partial charge >= 0.3 is 5.97 Å². The lowest BCUT2D eigenvalue weighted by molar-refractivity contribution is -0.384. The van der Waals surface area contributed by atoms with E-state index in [0.29, 0.717) is 22.3 Å². The van der Waals surface area contributed by atoms with Crippen molar-refractivity contribution >= 4 is 33.6 Å². The van der Waals surface area contributed by atoms with Crippen molar-refractivity contribution in [3.63, 3.8) is 0 Å². The molecule has 1 atom stereocenters. The van der Waals surface area contributed by atoms with Crippen LogP contribution in [-0.4, -0.2) is 33.4 Å². The van der Waals surface area contributed by atoms with Gasteiger partial charge in [0.1, 0.15) is 12.3 Å². The van der Waals surface area contributed by atoms with Crippen molar-refractivity contribution in [1.82, 2.24) is 9.38 Å². The molecule has 10 heteroatoms. The largest absolute Gasteiger partial charge is 0.456 e. The van der Waals surface area contributed by atoms with Gasteiger partial charge in [-0.1, -0.05) is 6.92 Å². The summed E-state index contributed by atoms with van der Waals surface area (Å²) in [6.07, 6.45) is 2.08. The smallest absolute Gasteiger partial charge is 0.338 e. The maximum absolute atomic E-state index is 12.5. The Morgan fingerprint density at radius 1 is 1.39 bits per heavy atom. The van der Waals surface area contributed by atoms with Crippen LogP contribution in [0.2, 0.25) is 0 Å². The van der Waals surface area contributed by atoms with E-state index >= 15 is 0 Å². The third-order valence-electron chi connectivity index (χ3n) is 5.39. The van der Waals surface area contributed by atoms with Crippen LogP contribution in [0.5, 0.6) is 0 Å². The normalized spacial score (nSPS) is 16.5. The fourth-order valence-corrected chi connectivity index (χ4v) is 4.76. The number of anilines is 1. The second-order valence-electron chi connectivity index (χ2n) is 7.81. The predicted octanol–water partition coefficient (Wildman–Crippen LogP) is 3.57. The van der Waals surface area contributed by atoms with Crippen LogP contribution in [0.15, 0.2) is 34.4 Å². The van der Waals surface area contributed by atoms with Crippen molar-refractivity contribution in [1.29, 1.82) is 0 Å². The Morgan fingerprint density at radius 3 is 2.94 bits per heavy atom. The Balaban J connectivity index is 1.52. The lowest BCUT2D eigenvalue weighted by atomic mass is 9.99. The van der Waals surface area contributed by atoms with Crippen LogP contribution in [0, 0.1) is 23.0 Å². The molecule has 0 aliphatic carbocycles. The molecule has 0 N–H and O–H groups in total. The molecule has 1 aromatic carbocycles. The first-order valence-electron chi connectivity index (χ1n) is 10.0. The molecule has 1 saturated heterocycles. The average molecular weight is 442 g/mol. The Bertz CT molecular complexity index is 1220. The molecule has 4 rings (SSSR count). The van der Waals surface area contributed by atoms with Crippen LogP contribution in [0.3, 0.4) is 0 Å². The molecule has 1 aliphatic rings. The number of carbonyl (C=O) groups is 1. The Morgan fingerprint density at radius 2 is 2.19 bits per heavy atom. The number of nitrogens with zero attached hydrogens (tertiary/aromatic N) is 4. The fourth-order valence-electron chi connectivity index (χ4n) is 3.87. The van der Waals surface area contributed by atoms with E-state index in [2.05, 4.69) is 11.9 Å². The van der Waals surface area contributed by atoms with Crippen LogP contribution in [-0.2, 0) is 11.3 Å². The van der Waals surface area contributed by atoms with Gasteiger partial charge in [0.15, 0.2) is 4.96 Å². The van der Waals surface area contributed by atoms with Crippen LogP contribution in [0.1, 0.15) is 41.5 Å². The molecule has 1 fully saturated rings. The zero-order valence-electron chi connectivity index (χ0n) is 17.2. The van der Waals surface area contributed by atoms with Crippen LogP contribution in [0.4, 0.5) is 11.4 Å². The Hall–Kier alpha value is -3.27. The van der Waals surface area contributed by atoms with Crippen molar-refractivity contribution in [3.05, 3.63) is 67.1 Å². The topological polar surface area (TPSA) is 107 Å². The van der Waals surface area contributed by atoms with E-state index in [0.717, 1.165) is 31.6 Å². The van der Waals surface area contributed by atoms with Crippen molar-refractivity contribution in [2.75, 3.05) is 18.0 Å². The highest BCUT2D eigenvalue weighted by Crippen LogP contribution is 2.32. The number of hydrogen-bond acceptors (Lipinski definition) is 8. The number of esters is 1. The van der Waals surface area contributed by atoms with Crippen molar-refractivity contribution < 1.29 is 14.5 Å². The fraction of sp³-hybridized carbons (Fsp3) is 0.381. The Labute approximate surface area is 182 Å². The quantitative estimate of drug-likeness (QED) is 0.338. The number of aryl methyl sites for hydroxylation is 1. The molecule has 0 spiro atoms. The first kappa shape index (κ1) is 21.0. The van der Waals surface area contributed by atoms with Gasteiger partial charge in [-0.05, 0) is 37.8 Å². The minimum absolute atomic E-state index is 0.0882. The molecule has 1 unspecified atom stereocenters. The monoisotopic (exact) mass is 442 g/mol. The predicted molar refractivity (Wildman–Crippen MR) is 117 cm³/mol.